The molecule has 3 rings (SSSR count). The summed E-state index contributed by atoms with van der Waals surface area (Å²) in [6.07, 6.45) is 0. The number of ether oxygens (including phenoxy) is 2. The van der Waals surface area contributed by atoms with Crippen LogP contribution in [0.5, 0.6) is 11.5 Å². The molecule has 2 aromatic carbocycles. The van der Waals surface area contributed by atoms with Crippen LogP contribution < -0.4 is 20.1 Å². The third-order valence-electron chi connectivity index (χ3n) is 3.86. The minimum absolute atomic E-state index is 0.178. The van der Waals surface area contributed by atoms with Crippen LogP contribution in [0.1, 0.15) is 20.7 Å². The van der Waals surface area contributed by atoms with Gasteiger partial charge in [0.2, 0.25) is 6.79 Å². The fourth-order valence-corrected chi connectivity index (χ4v) is 2.47. The van der Waals surface area contributed by atoms with Crippen LogP contribution in [-0.2, 0) is 0 Å². The molecule has 0 saturated carbocycles. The number of hydrogen-bond donors (Lipinski definition) is 2. The molecule has 2 amide bonds. The molecule has 7 heteroatoms. The van der Waals surface area contributed by atoms with Crippen LogP contribution in [0.2, 0.25) is 0 Å². The SMILES string of the molecule is CN(C)CCNC(=O)c1cccc(C(=O)Nc2ccc3c(c2)OCO3)c1. The number of likely N-dealkylation sites (N-methyl/N-ethyl adjacent to an activating group) is 1. The second-order valence-corrected chi connectivity index (χ2v) is 6.16. The Hall–Kier alpha value is -3.06. The Bertz CT molecular complexity index is 820. The van der Waals surface area contributed by atoms with Crippen molar-refractivity contribution in [2.75, 3.05) is 39.3 Å². The summed E-state index contributed by atoms with van der Waals surface area (Å²) < 4.78 is 10.6. The van der Waals surface area contributed by atoms with E-state index in [-0.39, 0.29) is 18.6 Å². The van der Waals surface area contributed by atoms with E-state index in [9.17, 15) is 9.59 Å². The van der Waals surface area contributed by atoms with E-state index in [1.165, 1.54) is 0 Å². The Kier molecular flexibility index (Phi) is 5.38. The molecule has 0 fully saturated rings. The van der Waals surface area contributed by atoms with Crippen LogP contribution in [0.4, 0.5) is 5.69 Å². The summed E-state index contributed by atoms with van der Waals surface area (Å²) in [5.74, 6) is 0.743. The van der Waals surface area contributed by atoms with Crippen molar-refractivity contribution in [3.05, 3.63) is 53.6 Å². The van der Waals surface area contributed by atoms with Gasteiger partial charge < -0.3 is 25.0 Å². The van der Waals surface area contributed by atoms with E-state index in [2.05, 4.69) is 10.6 Å². The van der Waals surface area contributed by atoms with Crippen LogP contribution in [0.15, 0.2) is 42.5 Å². The molecule has 0 atom stereocenters. The molecule has 0 aliphatic carbocycles. The zero-order valence-electron chi connectivity index (χ0n) is 14.7. The number of hydrogen-bond acceptors (Lipinski definition) is 5. The molecule has 0 unspecified atom stereocenters. The lowest BCUT2D eigenvalue weighted by Crippen LogP contribution is -2.31. The van der Waals surface area contributed by atoms with Crippen molar-refractivity contribution in [1.29, 1.82) is 0 Å². The molecule has 0 bridgehead atoms. The molecule has 2 aromatic rings. The second kappa shape index (κ2) is 7.88. The van der Waals surface area contributed by atoms with Gasteiger partial charge in [-0.3, -0.25) is 9.59 Å². The van der Waals surface area contributed by atoms with E-state index in [0.29, 0.717) is 34.9 Å². The fraction of sp³-hybridized carbons (Fsp3) is 0.263. The topological polar surface area (TPSA) is 79.9 Å². The number of fused-ring (bicyclic) bond motifs is 1. The zero-order chi connectivity index (χ0) is 18.5. The van der Waals surface area contributed by atoms with E-state index in [1.54, 1.807) is 42.5 Å². The Morgan fingerprint density at radius 2 is 1.73 bits per heavy atom. The zero-order valence-corrected chi connectivity index (χ0v) is 14.7. The first-order chi connectivity index (χ1) is 12.5. The summed E-state index contributed by atoms with van der Waals surface area (Å²) in [6.45, 7) is 1.47. The minimum Gasteiger partial charge on any atom is -0.454 e. The second-order valence-electron chi connectivity index (χ2n) is 6.16. The first kappa shape index (κ1) is 17.8. The standard InChI is InChI=1S/C19H21N3O4/c1-22(2)9-8-20-18(23)13-4-3-5-14(10-13)19(24)21-15-6-7-16-17(11-15)26-12-25-16/h3-7,10-11H,8-9,12H2,1-2H3,(H,20,23)(H,21,24). The summed E-state index contributed by atoms with van der Waals surface area (Å²) in [5, 5.41) is 5.63. The lowest BCUT2D eigenvalue weighted by molar-refractivity contribution is 0.0951. The van der Waals surface area contributed by atoms with Crippen molar-refractivity contribution in [2.45, 2.75) is 0 Å². The highest BCUT2D eigenvalue weighted by atomic mass is 16.7. The van der Waals surface area contributed by atoms with Gasteiger partial charge in [0.1, 0.15) is 0 Å². The quantitative estimate of drug-likeness (QED) is 0.828. The summed E-state index contributed by atoms with van der Waals surface area (Å²) in [5.41, 5.74) is 1.45. The molecule has 0 saturated heterocycles. The Morgan fingerprint density at radius 3 is 2.50 bits per heavy atom. The predicted octanol–water partition coefficient (Wildman–Crippen LogP) is 1.96. The first-order valence-corrected chi connectivity index (χ1v) is 8.27. The van der Waals surface area contributed by atoms with Gasteiger partial charge in [0.25, 0.3) is 11.8 Å². The summed E-state index contributed by atoms with van der Waals surface area (Å²) in [6, 6.07) is 11.8. The monoisotopic (exact) mass is 355 g/mol. The van der Waals surface area contributed by atoms with E-state index in [4.69, 9.17) is 9.47 Å². The predicted molar refractivity (Wildman–Crippen MR) is 97.8 cm³/mol. The molecule has 0 aromatic heterocycles. The maximum atomic E-state index is 12.5. The Balaban J connectivity index is 1.65. The fourth-order valence-electron chi connectivity index (χ4n) is 2.47. The molecule has 1 aliphatic heterocycles. The van der Waals surface area contributed by atoms with Crippen LogP contribution >= 0.6 is 0 Å². The van der Waals surface area contributed by atoms with Gasteiger partial charge in [0.15, 0.2) is 11.5 Å². The number of carbonyl (C=O) groups is 2. The molecule has 0 radical (unpaired) electrons. The average molecular weight is 355 g/mol. The minimum atomic E-state index is -0.299. The van der Waals surface area contributed by atoms with Gasteiger partial charge in [-0.25, -0.2) is 0 Å². The highest BCUT2D eigenvalue weighted by Gasteiger charge is 2.15. The number of anilines is 1. The van der Waals surface area contributed by atoms with Crippen LogP contribution in [-0.4, -0.2) is 50.7 Å². The van der Waals surface area contributed by atoms with Gasteiger partial charge in [-0.15, -0.1) is 0 Å². The number of carbonyl (C=O) groups excluding carboxylic acids is 2. The van der Waals surface area contributed by atoms with Crippen molar-refractivity contribution < 1.29 is 19.1 Å². The number of rotatable bonds is 6. The molecule has 26 heavy (non-hydrogen) atoms. The summed E-state index contributed by atoms with van der Waals surface area (Å²) in [7, 11) is 3.88. The van der Waals surface area contributed by atoms with Crippen molar-refractivity contribution in [3.63, 3.8) is 0 Å². The maximum Gasteiger partial charge on any atom is 0.255 e. The smallest absolute Gasteiger partial charge is 0.255 e. The lowest BCUT2D eigenvalue weighted by atomic mass is 10.1. The lowest BCUT2D eigenvalue weighted by Gasteiger charge is -2.11. The van der Waals surface area contributed by atoms with Gasteiger partial charge in [0, 0.05) is 36.0 Å². The largest absolute Gasteiger partial charge is 0.454 e. The van der Waals surface area contributed by atoms with Crippen LogP contribution in [0, 0.1) is 0 Å². The number of benzene rings is 2. The molecule has 136 valence electrons. The van der Waals surface area contributed by atoms with Gasteiger partial charge in [-0.2, -0.15) is 0 Å². The number of nitrogens with one attached hydrogen (secondary N) is 2. The van der Waals surface area contributed by atoms with E-state index in [0.717, 1.165) is 6.54 Å². The summed E-state index contributed by atoms with van der Waals surface area (Å²) in [4.78, 5) is 26.6. The van der Waals surface area contributed by atoms with E-state index < -0.39 is 0 Å². The highest BCUT2D eigenvalue weighted by Crippen LogP contribution is 2.34. The van der Waals surface area contributed by atoms with E-state index >= 15 is 0 Å². The summed E-state index contributed by atoms with van der Waals surface area (Å²) >= 11 is 0. The average Bonchev–Trinajstić information content (AvgIpc) is 3.09. The molecule has 1 heterocycles. The Morgan fingerprint density at radius 1 is 1.00 bits per heavy atom. The first-order valence-electron chi connectivity index (χ1n) is 8.27. The normalized spacial score (nSPS) is 12.1. The van der Waals surface area contributed by atoms with Crippen molar-refractivity contribution in [3.8, 4) is 11.5 Å². The van der Waals surface area contributed by atoms with Gasteiger partial charge in [-0.1, -0.05) is 6.07 Å². The highest BCUT2D eigenvalue weighted by molar-refractivity contribution is 6.06. The van der Waals surface area contributed by atoms with Gasteiger partial charge >= 0.3 is 0 Å². The van der Waals surface area contributed by atoms with E-state index in [1.807, 2.05) is 19.0 Å². The Labute approximate surface area is 151 Å². The molecule has 1 aliphatic rings. The molecular weight excluding hydrogens is 334 g/mol. The molecule has 2 N–H and O–H groups in total. The van der Waals surface area contributed by atoms with Crippen molar-refractivity contribution >= 4 is 17.5 Å². The third kappa shape index (κ3) is 4.31. The van der Waals surface area contributed by atoms with Crippen molar-refractivity contribution in [1.82, 2.24) is 10.2 Å². The van der Waals surface area contributed by atoms with Crippen LogP contribution in [0.3, 0.4) is 0 Å². The van der Waals surface area contributed by atoms with Crippen LogP contribution in [0.25, 0.3) is 0 Å². The molecule has 0 spiro atoms. The number of amides is 2. The maximum absolute atomic E-state index is 12.5. The third-order valence-corrected chi connectivity index (χ3v) is 3.86. The van der Waals surface area contributed by atoms with Gasteiger partial charge in [0.05, 0.1) is 0 Å². The van der Waals surface area contributed by atoms with Crippen molar-refractivity contribution in [2.24, 2.45) is 0 Å². The van der Waals surface area contributed by atoms with Gasteiger partial charge in [-0.05, 0) is 44.4 Å². The molecular formula is C19H21N3O4. The number of nitrogens with zero attached hydrogens (tertiary/aromatic N) is 1. The molecule has 7 nitrogen and oxygen atoms in total.